The zero-order chi connectivity index (χ0) is 27.9. The second-order valence-electron chi connectivity index (χ2n) is 10.4. The van der Waals surface area contributed by atoms with E-state index in [2.05, 4.69) is 152 Å². The van der Waals surface area contributed by atoms with E-state index >= 15 is 0 Å². The Morgan fingerprint density at radius 3 is 1.19 bits per heavy atom. The highest BCUT2D eigenvalue weighted by atomic mass is 15.0. The Morgan fingerprint density at radius 2 is 0.643 bits per heavy atom. The first-order valence-electron chi connectivity index (χ1n) is 14.1. The lowest BCUT2D eigenvalue weighted by molar-refractivity contribution is 1.08. The first-order valence-corrected chi connectivity index (χ1v) is 14.1. The lowest BCUT2D eigenvalue weighted by Crippen LogP contribution is -2.01. The lowest BCUT2D eigenvalue weighted by atomic mass is 9.94. The molecule has 196 valence electrons. The van der Waals surface area contributed by atoms with Gasteiger partial charge in [0.2, 0.25) is 0 Å². The maximum atomic E-state index is 5.16. The van der Waals surface area contributed by atoms with Gasteiger partial charge in [-0.1, -0.05) is 146 Å². The molecule has 42 heavy (non-hydrogen) atoms. The van der Waals surface area contributed by atoms with E-state index in [4.69, 9.17) is 15.0 Å². The van der Waals surface area contributed by atoms with Gasteiger partial charge < -0.3 is 0 Å². The first-order chi connectivity index (χ1) is 20.8. The molecular formula is C39H25N3. The number of rotatable bonds is 4. The lowest BCUT2D eigenvalue weighted by Gasteiger charge is -2.14. The van der Waals surface area contributed by atoms with Crippen LogP contribution in [0.25, 0.3) is 77.6 Å². The van der Waals surface area contributed by atoms with Crippen molar-refractivity contribution in [2.24, 2.45) is 0 Å². The second kappa shape index (κ2) is 10.1. The summed E-state index contributed by atoms with van der Waals surface area (Å²) in [6.07, 6.45) is 0. The molecule has 0 unspecified atom stereocenters. The van der Waals surface area contributed by atoms with Crippen LogP contribution in [0.2, 0.25) is 0 Å². The molecule has 0 atom stereocenters. The fraction of sp³-hybridized carbons (Fsp3) is 0. The van der Waals surface area contributed by atoms with E-state index < -0.39 is 0 Å². The van der Waals surface area contributed by atoms with Crippen LogP contribution in [0.4, 0.5) is 0 Å². The summed E-state index contributed by atoms with van der Waals surface area (Å²) in [5.74, 6) is 1.98. The first kappa shape index (κ1) is 24.2. The highest BCUT2D eigenvalue weighted by Gasteiger charge is 2.18. The fourth-order valence-electron chi connectivity index (χ4n) is 5.94. The molecule has 7 aromatic carbocycles. The molecule has 8 rings (SSSR count). The van der Waals surface area contributed by atoms with Gasteiger partial charge in [0, 0.05) is 16.7 Å². The Balaban J connectivity index is 1.42. The van der Waals surface area contributed by atoms with Crippen LogP contribution in [-0.2, 0) is 0 Å². The van der Waals surface area contributed by atoms with Crippen molar-refractivity contribution in [2.75, 3.05) is 0 Å². The number of hydrogen-bond acceptors (Lipinski definition) is 3. The van der Waals surface area contributed by atoms with Gasteiger partial charge in [0.15, 0.2) is 17.5 Å². The summed E-state index contributed by atoms with van der Waals surface area (Å²) in [4.78, 5) is 15.4. The summed E-state index contributed by atoms with van der Waals surface area (Å²) in [7, 11) is 0. The SMILES string of the molecule is c1ccc(-c2ccc(-c3nc(-c4cccc5ccccc45)nc(-c4cccc5ccccc45)n3)c3ccccc23)cc1. The molecule has 0 bridgehead atoms. The van der Waals surface area contributed by atoms with E-state index in [1.54, 1.807) is 0 Å². The van der Waals surface area contributed by atoms with Crippen molar-refractivity contribution in [1.82, 2.24) is 15.0 Å². The standard InChI is InChI=1S/C39H25N3/c1-2-12-26(13-3-1)31-24-25-36(33-21-9-8-20-32(31)33)39-41-37(34-22-10-16-27-14-4-6-18-29(27)34)40-38(42-39)35-23-11-17-28-15-5-7-19-30(28)35/h1-25H. The van der Waals surface area contributed by atoms with Crippen LogP contribution >= 0.6 is 0 Å². The third-order valence-electron chi connectivity index (χ3n) is 7.95. The third-order valence-corrected chi connectivity index (χ3v) is 7.95. The van der Waals surface area contributed by atoms with E-state index in [0.717, 1.165) is 43.6 Å². The van der Waals surface area contributed by atoms with E-state index in [0.29, 0.717) is 17.5 Å². The molecular weight excluding hydrogens is 510 g/mol. The van der Waals surface area contributed by atoms with Gasteiger partial charge in [-0.3, -0.25) is 0 Å². The van der Waals surface area contributed by atoms with Crippen LogP contribution < -0.4 is 0 Å². The van der Waals surface area contributed by atoms with Crippen LogP contribution in [-0.4, -0.2) is 15.0 Å². The van der Waals surface area contributed by atoms with Crippen LogP contribution in [0.3, 0.4) is 0 Å². The van der Waals surface area contributed by atoms with Gasteiger partial charge in [-0.25, -0.2) is 15.0 Å². The highest BCUT2D eigenvalue weighted by molar-refractivity contribution is 6.05. The van der Waals surface area contributed by atoms with Gasteiger partial charge in [-0.2, -0.15) is 0 Å². The summed E-state index contributed by atoms with van der Waals surface area (Å²) < 4.78 is 0. The summed E-state index contributed by atoms with van der Waals surface area (Å²) >= 11 is 0. The van der Waals surface area contributed by atoms with Crippen molar-refractivity contribution in [3.05, 3.63) is 152 Å². The van der Waals surface area contributed by atoms with Gasteiger partial charge in [-0.05, 0) is 49.5 Å². The van der Waals surface area contributed by atoms with Gasteiger partial charge >= 0.3 is 0 Å². The average molecular weight is 536 g/mol. The number of fused-ring (bicyclic) bond motifs is 3. The summed E-state index contributed by atoms with van der Waals surface area (Å²) in [6, 6.07) is 52.8. The molecule has 0 aliphatic rings. The second-order valence-corrected chi connectivity index (χ2v) is 10.4. The van der Waals surface area contributed by atoms with E-state index in [1.165, 1.54) is 16.5 Å². The molecule has 1 heterocycles. The molecule has 0 saturated carbocycles. The normalized spacial score (nSPS) is 11.3. The number of aromatic nitrogens is 3. The molecule has 0 aliphatic carbocycles. The molecule has 0 amide bonds. The van der Waals surface area contributed by atoms with Crippen LogP contribution in [0, 0.1) is 0 Å². The van der Waals surface area contributed by atoms with Crippen molar-refractivity contribution in [1.29, 1.82) is 0 Å². The number of benzene rings is 7. The topological polar surface area (TPSA) is 38.7 Å². The Kier molecular flexibility index (Phi) is 5.79. The maximum absolute atomic E-state index is 5.16. The fourth-order valence-corrected chi connectivity index (χ4v) is 5.94. The predicted molar refractivity (Wildman–Crippen MR) is 174 cm³/mol. The smallest absolute Gasteiger partial charge is 0.164 e. The van der Waals surface area contributed by atoms with E-state index in [9.17, 15) is 0 Å². The Morgan fingerprint density at radius 1 is 0.262 bits per heavy atom. The molecule has 0 saturated heterocycles. The minimum atomic E-state index is 0.659. The molecule has 0 radical (unpaired) electrons. The summed E-state index contributed by atoms with van der Waals surface area (Å²) in [5, 5.41) is 6.82. The molecule has 8 aromatic rings. The highest BCUT2D eigenvalue weighted by Crippen LogP contribution is 2.37. The molecule has 3 nitrogen and oxygen atoms in total. The Labute approximate surface area is 243 Å². The van der Waals surface area contributed by atoms with Crippen LogP contribution in [0.1, 0.15) is 0 Å². The minimum absolute atomic E-state index is 0.659. The quantitative estimate of drug-likeness (QED) is 0.225. The van der Waals surface area contributed by atoms with Crippen LogP contribution in [0.15, 0.2) is 152 Å². The van der Waals surface area contributed by atoms with Gasteiger partial charge in [0.05, 0.1) is 0 Å². The van der Waals surface area contributed by atoms with Crippen molar-refractivity contribution >= 4 is 32.3 Å². The predicted octanol–water partition coefficient (Wildman–Crippen LogP) is 10.00. The van der Waals surface area contributed by atoms with Gasteiger partial charge in [0.1, 0.15) is 0 Å². The third kappa shape index (κ3) is 4.11. The van der Waals surface area contributed by atoms with E-state index in [1.807, 2.05) is 0 Å². The van der Waals surface area contributed by atoms with Gasteiger partial charge in [0.25, 0.3) is 0 Å². The van der Waals surface area contributed by atoms with E-state index in [-0.39, 0.29) is 0 Å². The van der Waals surface area contributed by atoms with Crippen LogP contribution in [0.5, 0.6) is 0 Å². The molecule has 0 aliphatic heterocycles. The van der Waals surface area contributed by atoms with Crippen molar-refractivity contribution in [3.8, 4) is 45.3 Å². The minimum Gasteiger partial charge on any atom is -0.208 e. The van der Waals surface area contributed by atoms with Crippen molar-refractivity contribution in [3.63, 3.8) is 0 Å². The molecule has 0 N–H and O–H groups in total. The van der Waals surface area contributed by atoms with Crippen molar-refractivity contribution in [2.45, 2.75) is 0 Å². The summed E-state index contributed by atoms with van der Waals surface area (Å²) in [5.41, 5.74) is 5.33. The maximum Gasteiger partial charge on any atom is 0.164 e. The van der Waals surface area contributed by atoms with Gasteiger partial charge in [-0.15, -0.1) is 0 Å². The average Bonchev–Trinajstić information content (AvgIpc) is 3.07. The molecule has 0 spiro atoms. The largest absolute Gasteiger partial charge is 0.208 e. The zero-order valence-corrected chi connectivity index (χ0v) is 22.8. The molecule has 3 heteroatoms. The Bertz CT molecular complexity index is 2150. The summed E-state index contributed by atoms with van der Waals surface area (Å²) in [6.45, 7) is 0. The number of nitrogens with zero attached hydrogens (tertiary/aromatic N) is 3. The monoisotopic (exact) mass is 535 g/mol. The number of hydrogen-bond donors (Lipinski definition) is 0. The molecule has 1 aromatic heterocycles. The van der Waals surface area contributed by atoms with Crippen molar-refractivity contribution < 1.29 is 0 Å². The Hall–Kier alpha value is -5.67. The zero-order valence-electron chi connectivity index (χ0n) is 22.8. The molecule has 0 fully saturated rings.